The zero-order valence-corrected chi connectivity index (χ0v) is 15.8. The van der Waals surface area contributed by atoms with E-state index in [2.05, 4.69) is 47.4 Å². The second-order valence-corrected chi connectivity index (χ2v) is 7.31. The van der Waals surface area contributed by atoms with Crippen LogP contribution in [0.15, 0.2) is 35.6 Å². The van der Waals surface area contributed by atoms with E-state index in [-0.39, 0.29) is 0 Å². The second-order valence-electron chi connectivity index (χ2n) is 7.31. The summed E-state index contributed by atoms with van der Waals surface area (Å²) in [5.74, 6) is 1.99. The first-order valence-corrected chi connectivity index (χ1v) is 9.98. The van der Waals surface area contributed by atoms with Crippen LogP contribution in [0.4, 0.5) is 17.8 Å². The van der Waals surface area contributed by atoms with E-state index in [1.807, 2.05) is 18.3 Å². The molecule has 1 aromatic carbocycles. The van der Waals surface area contributed by atoms with Crippen LogP contribution in [0.5, 0.6) is 0 Å². The Morgan fingerprint density at radius 3 is 2.21 bits per heavy atom. The maximum atomic E-state index is 4.73. The molecule has 5 rings (SSSR count). The number of H-pyrrole nitrogens is 1. The molecule has 0 aliphatic carbocycles. The molecule has 28 heavy (non-hydrogen) atoms. The number of para-hydroxylation sites is 1. The summed E-state index contributed by atoms with van der Waals surface area (Å²) >= 11 is 0. The fourth-order valence-corrected chi connectivity index (χ4v) is 3.88. The lowest BCUT2D eigenvalue weighted by Gasteiger charge is -2.20. The monoisotopic (exact) mass is 376 g/mol. The largest absolute Gasteiger partial charge is 0.361 e. The molecule has 3 aromatic rings. The van der Waals surface area contributed by atoms with Crippen molar-refractivity contribution in [3.8, 4) is 0 Å². The number of nitrogens with zero attached hydrogens (tertiary/aromatic N) is 6. The summed E-state index contributed by atoms with van der Waals surface area (Å²) in [6, 6.07) is 8.17. The van der Waals surface area contributed by atoms with Gasteiger partial charge in [0.25, 0.3) is 0 Å². The van der Waals surface area contributed by atoms with Gasteiger partial charge in [-0.05, 0) is 31.7 Å². The number of hydrogen-bond donors (Lipinski definition) is 2. The van der Waals surface area contributed by atoms with E-state index in [0.29, 0.717) is 5.95 Å². The predicted octanol–water partition coefficient (Wildman–Crippen LogP) is 3.00. The molecular formula is C20H24N8. The van der Waals surface area contributed by atoms with Gasteiger partial charge in [0.15, 0.2) is 0 Å². The van der Waals surface area contributed by atoms with Gasteiger partial charge in [-0.25, -0.2) is 5.43 Å². The Morgan fingerprint density at radius 1 is 0.893 bits per heavy atom. The molecule has 4 heterocycles. The van der Waals surface area contributed by atoms with Crippen molar-refractivity contribution >= 4 is 35.0 Å². The molecule has 0 radical (unpaired) electrons. The molecule has 2 saturated heterocycles. The quantitative estimate of drug-likeness (QED) is 0.526. The fraction of sp³-hybridized carbons (Fsp3) is 0.400. The van der Waals surface area contributed by atoms with Crippen LogP contribution >= 0.6 is 0 Å². The Bertz CT molecular complexity index is 949. The zero-order valence-electron chi connectivity index (χ0n) is 15.8. The molecule has 0 unspecified atom stereocenters. The number of anilines is 3. The Morgan fingerprint density at radius 2 is 1.54 bits per heavy atom. The highest BCUT2D eigenvalue weighted by Crippen LogP contribution is 2.23. The minimum Gasteiger partial charge on any atom is -0.361 e. The fourth-order valence-electron chi connectivity index (χ4n) is 3.88. The minimum absolute atomic E-state index is 0.495. The molecule has 2 N–H and O–H groups in total. The van der Waals surface area contributed by atoms with E-state index in [9.17, 15) is 0 Å². The Hall–Kier alpha value is -3.16. The molecular weight excluding hydrogens is 352 g/mol. The minimum atomic E-state index is 0.495. The topological polar surface area (TPSA) is 85.3 Å². The van der Waals surface area contributed by atoms with Crippen LogP contribution in [0.2, 0.25) is 0 Å². The van der Waals surface area contributed by atoms with Gasteiger partial charge >= 0.3 is 0 Å². The van der Waals surface area contributed by atoms with E-state index in [1.165, 1.54) is 25.7 Å². The molecule has 2 aliphatic heterocycles. The number of aromatic nitrogens is 4. The Kier molecular flexibility index (Phi) is 4.52. The van der Waals surface area contributed by atoms with Crippen LogP contribution in [0.3, 0.4) is 0 Å². The smallest absolute Gasteiger partial charge is 0.250 e. The number of aromatic amines is 1. The van der Waals surface area contributed by atoms with Crippen molar-refractivity contribution in [2.24, 2.45) is 5.10 Å². The summed E-state index contributed by atoms with van der Waals surface area (Å²) in [5, 5.41) is 5.52. The normalized spacial score (nSPS) is 17.3. The van der Waals surface area contributed by atoms with Crippen molar-refractivity contribution in [2.45, 2.75) is 25.7 Å². The van der Waals surface area contributed by atoms with E-state index in [1.54, 1.807) is 6.21 Å². The maximum Gasteiger partial charge on any atom is 0.250 e. The van der Waals surface area contributed by atoms with Crippen LogP contribution in [0.25, 0.3) is 10.9 Å². The number of benzene rings is 1. The Balaban J connectivity index is 1.40. The lowest BCUT2D eigenvalue weighted by atomic mass is 10.2. The van der Waals surface area contributed by atoms with Crippen molar-refractivity contribution in [1.29, 1.82) is 0 Å². The third-order valence-corrected chi connectivity index (χ3v) is 5.38. The first-order valence-electron chi connectivity index (χ1n) is 9.98. The summed E-state index contributed by atoms with van der Waals surface area (Å²) in [6.07, 6.45) is 8.50. The van der Waals surface area contributed by atoms with Crippen LogP contribution in [-0.4, -0.2) is 52.3 Å². The molecule has 0 saturated carbocycles. The number of hydrogen-bond acceptors (Lipinski definition) is 7. The SMILES string of the molecule is C(=NNc1nc(N2CCCC2)nc(N2CCCC2)n1)c1c[nH]c2ccccc12. The average molecular weight is 376 g/mol. The molecule has 2 fully saturated rings. The highest BCUT2D eigenvalue weighted by Gasteiger charge is 2.21. The van der Waals surface area contributed by atoms with E-state index in [0.717, 1.165) is 54.5 Å². The number of nitrogens with one attached hydrogen (secondary N) is 2. The third-order valence-electron chi connectivity index (χ3n) is 5.38. The number of hydrazone groups is 1. The first-order chi connectivity index (χ1) is 13.9. The van der Waals surface area contributed by atoms with E-state index in [4.69, 9.17) is 4.98 Å². The summed E-state index contributed by atoms with van der Waals surface area (Å²) in [7, 11) is 0. The van der Waals surface area contributed by atoms with Crippen molar-refractivity contribution in [3.05, 3.63) is 36.0 Å². The molecule has 8 heteroatoms. The van der Waals surface area contributed by atoms with Gasteiger partial charge in [0, 0.05) is 48.8 Å². The zero-order chi connectivity index (χ0) is 18.8. The van der Waals surface area contributed by atoms with Gasteiger partial charge in [-0.2, -0.15) is 20.1 Å². The Labute approximate surface area is 163 Å². The summed E-state index contributed by atoms with van der Waals surface area (Å²) in [4.78, 5) is 21.7. The predicted molar refractivity (Wildman–Crippen MR) is 112 cm³/mol. The molecule has 0 bridgehead atoms. The van der Waals surface area contributed by atoms with Crippen molar-refractivity contribution in [3.63, 3.8) is 0 Å². The van der Waals surface area contributed by atoms with Gasteiger partial charge in [0.05, 0.1) is 6.21 Å². The van der Waals surface area contributed by atoms with E-state index < -0.39 is 0 Å². The molecule has 0 atom stereocenters. The van der Waals surface area contributed by atoms with Gasteiger partial charge in [0.2, 0.25) is 17.8 Å². The van der Waals surface area contributed by atoms with Gasteiger partial charge in [-0.1, -0.05) is 18.2 Å². The van der Waals surface area contributed by atoms with Gasteiger partial charge in [-0.15, -0.1) is 0 Å². The van der Waals surface area contributed by atoms with Crippen molar-refractivity contribution in [1.82, 2.24) is 19.9 Å². The molecule has 2 aromatic heterocycles. The molecule has 0 amide bonds. The van der Waals surface area contributed by atoms with Gasteiger partial charge in [-0.3, -0.25) is 0 Å². The highest BCUT2D eigenvalue weighted by molar-refractivity contribution is 5.99. The van der Waals surface area contributed by atoms with E-state index >= 15 is 0 Å². The number of rotatable bonds is 5. The van der Waals surface area contributed by atoms with Crippen LogP contribution in [-0.2, 0) is 0 Å². The lowest BCUT2D eigenvalue weighted by molar-refractivity contribution is 0.838. The first kappa shape index (κ1) is 17.0. The van der Waals surface area contributed by atoms with Crippen LogP contribution in [0.1, 0.15) is 31.2 Å². The molecule has 0 spiro atoms. The van der Waals surface area contributed by atoms with Crippen LogP contribution < -0.4 is 15.2 Å². The second kappa shape index (κ2) is 7.46. The molecule has 8 nitrogen and oxygen atoms in total. The van der Waals surface area contributed by atoms with Crippen LogP contribution in [0, 0.1) is 0 Å². The summed E-state index contributed by atoms with van der Waals surface area (Å²) < 4.78 is 0. The van der Waals surface area contributed by atoms with Gasteiger partial charge in [0.1, 0.15) is 0 Å². The summed E-state index contributed by atoms with van der Waals surface area (Å²) in [6.45, 7) is 4.01. The van der Waals surface area contributed by atoms with Crippen molar-refractivity contribution < 1.29 is 0 Å². The average Bonchev–Trinajstić information content (AvgIpc) is 3.49. The lowest BCUT2D eigenvalue weighted by Crippen LogP contribution is -2.25. The van der Waals surface area contributed by atoms with Crippen molar-refractivity contribution in [2.75, 3.05) is 41.4 Å². The molecule has 2 aliphatic rings. The highest BCUT2D eigenvalue weighted by atomic mass is 15.4. The maximum absolute atomic E-state index is 4.73. The number of fused-ring (bicyclic) bond motifs is 1. The molecule has 144 valence electrons. The standard InChI is InChI=1S/C20H24N8/c1-2-8-17-16(7-1)15(13-21-17)14-22-26-18-23-19(27-9-3-4-10-27)25-20(24-18)28-11-5-6-12-28/h1-2,7-8,13-14,21H,3-6,9-12H2,(H,23,24,25,26). The third kappa shape index (κ3) is 3.37. The summed E-state index contributed by atoms with van der Waals surface area (Å²) in [5.41, 5.74) is 5.13. The van der Waals surface area contributed by atoms with Gasteiger partial charge < -0.3 is 14.8 Å².